The van der Waals surface area contributed by atoms with Gasteiger partial charge in [-0.15, -0.1) is 0 Å². The van der Waals surface area contributed by atoms with Crippen LogP contribution in [-0.2, 0) is 4.79 Å². The quantitative estimate of drug-likeness (QED) is 0.846. The summed E-state index contributed by atoms with van der Waals surface area (Å²) in [4.78, 5) is 11.9. The van der Waals surface area contributed by atoms with Gasteiger partial charge in [-0.1, -0.05) is 17.7 Å². The Kier molecular flexibility index (Phi) is 5.26. The lowest BCUT2D eigenvalue weighted by atomic mass is 10.1. The van der Waals surface area contributed by atoms with Crippen LogP contribution in [0, 0.1) is 13.8 Å². The summed E-state index contributed by atoms with van der Waals surface area (Å²) < 4.78 is 6.29. The van der Waals surface area contributed by atoms with Gasteiger partial charge in [0.1, 0.15) is 5.75 Å². The van der Waals surface area contributed by atoms with Gasteiger partial charge >= 0.3 is 0 Å². The predicted octanol–water partition coefficient (Wildman–Crippen LogP) is 4.74. The number of amides is 1. The van der Waals surface area contributed by atoms with Crippen molar-refractivity contribution in [2.45, 2.75) is 13.8 Å². The van der Waals surface area contributed by atoms with Gasteiger partial charge in [0.25, 0.3) is 5.91 Å². The Bertz CT molecular complexity index is 653. The van der Waals surface area contributed by atoms with Crippen molar-refractivity contribution < 1.29 is 9.53 Å². The van der Waals surface area contributed by atoms with Crippen molar-refractivity contribution in [2.24, 2.45) is 0 Å². The molecule has 0 bridgehead atoms. The molecule has 110 valence electrons. The highest BCUT2D eigenvalue weighted by Gasteiger charge is 2.06. The van der Waals surface area contributed by atoms with Gasteiger partial charge in [0, 0.05) is 10.2 Å². The summed E-state index contributed by atoms with van der Waals surface area (Å²) in [6.45, 7) is 3.93. The van der Waals surface area contributed by atoms with E-state index in [1.54, 1.807) is 18.2 Å². The van der Waals surface area contributed by atoms with E-state index in [-0.39, 0.29) is 12.5 Å². The highest BCUT2D eigenvalue weighted by molar-refractivity contribution is 9.10. The lowest BCUT2D eigenvalue weighted by Gasteiger charge is -2.09. The standard InChI is InChI=1S/C16H15BrClNO2/c1-10-5-11(2)7-13(6-10)21-9-16(20)19-12-3-4-14(17)15(18)8-12/h3-8H,9H2,1-2H3,(H,19,20). The molecule has 0 fully saturated rings. The number of rotatable bonds is 4. The molecule has 3 nitrogen and oxygen atoms in total. The van der Waals surface area contributed by atoms with Gasteiger partial charge in [0.15, 0.2) is 6.61 Å². The van der Waals surface area contributed by atoms with E-state index in [4.69, 9.17) is 16.3 Å². The lowest BCUT2D eigenvalue weighted by molar-refractivity contribution is -0.118. The van der Waals surface area contributed by atoms with Gasteiger partial charge in [-0.3, -0.25) is 4.79 Å². The molecule has 1 amide bonds. The molecule has 0 aliphatic carbocycles. The van der Waals surface area contributed by atoms with Crippen molar-refractivity contribution in [3.8, 4) is 5.75 Å². The predicted molar refractivity (Wildman–Crippen MR) is 89.2 cm³/mol. The van der Waals surface area contributed by atoms with Crippen LogP contribution in [-0.4, -0.2) is 12.5 Å². The smallest absolute Gasteiger partial charge is 0.262 e. The minimum absolute atomic E-state index is 0.0451. The molecule has 0 saturated carbocycles. The fourth-order valence-corrected chi connectivity index (χ4v) is 2.36. The van der Waals surface area contributed by atoms with Gasteiger partial charge < -0.3 is 10.1 Å². The molecule has 0 aromatic heterocycles. The Hall–Kier alpha value is -1.52. The number of carbonyl (C=O) groups is 1. The fraction of sp³-hybridized carbons (Fsp3) is 0.188. The molecule has 0 unspecified atom stereocenters. The van der Waals surface area contributed by atoms with Crippen molar-refractivity contribution in [2.75, 3.05) is 11.9 Å². The maximum atomic E-state index is 11.9. The lowest BCUT2D eigenvalue weighted by Crippen LogP contribution is -2.20. The molecule has 5 heteroatoms. The van der Waals surface area contributed by atoms with Crippen LogP contribution in [0.2, 0.25) is 5.02 Å². The van der Waals surface area contributed by atoms with E-state index in [9.17, 15) is 4.79 Å². The Labute approximate surface area is 137 Å². The summed E-state index contributed by atoms with van der Waals surface area (Å²) in [5.41, 5.74) is 2.84. The third kappa shape index (κ3) is 4.76. The number of hydrogen-bond acceptors (Lipinski definition) is 2. The number of nitrogens with one attached hydrogen (secondary N) is 1. The van der Waals surface area contributed by atoms with Crippen LogP contribution in [0.5, 0.6) is 5.75 Å². The molecule has 2 rings (SSSR count). The van der Waals surface area contributed by atoms with E-state index in [0.29, 0.717) is 16.5 Å². The topological polar surface area (TPSA) is 38.3 Å². The highest BCUT2D eigenvalue weighted by atomic mass is 79.9. The molecule has 0 aliphatic heterocycles. The van der Waals surface area contributed by atoms with E-state index < -0.39 is 0 Å². The molecule has 0 aliphatic rings. The van der Waals surface area contributed by atoms with E-state index in [1.165, 1.54) is 0 Å². The Morgan fingerprint density at radius 2 is 1.86 bits per heavy atom. The van der Waals surface area contributed by atoms with E-state index in [2.05, 4.69) is 27.3 Å². The number of aryl methyl sites for hydroxylation is 2. The van der Waals surface area contributed by atoms with Gasteiger partial charge in [-0.05, 0) is 71.2 Å². The SMILES string of the molecule is Cc1cc(C)cc(OCC(=O)Nc2ccc(Br)c(Cl)c2)c1. The highest BCUT2D eigenvalue weighted by Crippen LogP contribution is 2.25. The maximum Gasteiger partial charge on any atom is 0.262 e. The summed E-state index contributed by atoms with van der Waals surface area (Å²) in [7, 11) is 0. The molecule has 2 aromatic carbocycles. The van der Waals surface area contributed by atoms with Crippen molar-refractivity contribution in [1.29, 1.82) is 0 Å². The first-order chi connectivity index (χ1) is 9.94. The number of halogens is 2. The molecule has 0 saturated heterocycles. The second-order valence-corrected chi connectivity index (χ2v) is 6.05. The van der Waals surface area contributed by atoms with Crippen molar-refractivity contribution in [1.82, 2.24) is 0 Å². The summed E-state index contributed by atoms with van der Waals surface area (Å²) >= 11 is 9.28. The fourth-order valence-electron chi connectivity index (χ4n) is 1.94. The van der Waals surface area contributed by atoms with E-state index >= 15 is 0 Å². The average Bonchev–Trinajstić information content (AvgIpc) is 2.40. The molecule has 1 N–H and O–H groups in total. The first-order valence-corrected chi connectivity index (χ1v) is 7.57. The molecular weight excluding hydrogens is 354 g/mol. The third-order valence-electron chi connectivity index (χ3n) is 2.77. The Morgan fingerprint density at radius 3 is 2.48 bits per heavy atom. The number of hydrogen-bond donors (Lipinski definition) is 1. The van der Waals surface area contributed by atoms with Gasteiger partial charge in [-0.2, -0.15) is 0 Å². The first-order valence-electron chi connectivity index (χ1n) is 6.40. The summed E-state index contributed by atoms with van der Waals surface area (Å²) in [6.07, 6.45) is 0. The van der Waals surface area contributed by atoms with Crippen molar-refractivity contribution in [3.05, 3.63) is 57.0 Å². The van der Waals surface area contributed by atoms with Gasteiger partial charge in [0.2, 0.25) is 0 Å². The Morgan fingerprint density at radius 1 is 1.19 bits per heavy atom. The first kappa shape index (κ1) is 15.9. The normalized spacial score (nSPS) is 10.3. The molecule has 0 atom stereocenters. The van der Waals surface area contributed by atoms with Crippen molar-refractivity contribution >= 4 is 39.1 Å². The second-order valence-electron chi connectivity index (χ2n) is 4.79. The second kappa shape index (κ2) is 6.96. The number of carbonyl (C=O) groups excluding carboxylic acids is 1. The monoisotopic (exact) mass is 367 g/mol. The average molecular weight is 369 g/mol. The van der Waals surface area contributed by atoms with Crippen LogP contribution in [0.25, 0.3) is 0 Å². The number of anilines is 1. The molecule has 2 aromatic rings. The minimum Gasteiger partial charge on any atom is -0.484 e. The molecule has 0 heterocycles. The molecule has 0 spiro atoms. The molecule has 21 heavy (non-hydrogen) atoms. The zero-order chi connectivity index (χ0) is 15.4. The molecular formula is C16H15BrClNO2. The van der Waals surface area contributed by atoms with Crippen LogP contribution in [0.15, 0.2) is 40.9 Å². The Balaban J connectivity index is 1.94. The summed E-state index contributed by atoms with van der Waals surface area (Å²) in [5, 5.41) is 3.28. The van der Waals surface area contributed by atoms with Gasteiger partial charge in [0.05, 0.1) is 5.02 Å². The summed E-state index contributed by atoms with van der Waals surface area (Å²) in [5.74, 6) is 0.462. The third-order valence-corrected chi connectivity index (χ3v) is 4.00. The van der Waals surface area contributed by atoms with Crippen LogP contribution in [0.1, 0.15) is 11.1 Å². The minimum atomic E-state index is -0.229. The summed E-state index contributed by atoms with van der Waals surface area (Å²) in [6, 6.07) is 11.1. The van der Waals surface area contributed by atoms with Crippen LogP contribution >= 0.6 is 27.5 Å². The number of benzene rings is 2. The zero-order valence-electron chi connectivity index (χ0n) is 11.7. The number of ether oxygens (including phenoxy) is 1. The van der Waals surface area contributed by atoms with Crippen molar-refractivity contribution in [3.63, 3.8) is 0 Å². The van der Waals surface area contributed by atoms with Gasteiger partial charge in [-0.25, -0.2) is 0 Å². The van der Waals surface area contributed by atoms with E-state index in [0.717, 1.165) is 15.6 Å². The molecule has 0 radical (unpaired) electrons. The van der Waals surface area contributed by atoms with Crippen LogP contribution in [0.3, 0.4) is 0 Å². The van der Waals surface area contributed by atoms with E-state index in [1.807, 2.05) is 26.0 Å². The largest absolute Gasteiger partial charge is 0.484 e. The maximum absolute atomic E-state index is 11.9. The zero-order valence-corrected chi connectivity index (χ0v) is 14.1. The van der Waals surface area contributed by atoms with Crippen LogP contribution in [0.4, 0.5) is 5.69 Å². The van der Waals surface area contributed by atoms with Crippen LogP contribution < -0.4 is 10.1 Å².